The van der Waals surface area contributed by atoms with E-state index in [4.69, 9.17) is 0 Å². The number of aromatic amines is 1. The quantitative estimate of drug-likeness (QED) is 0.136. The summed E-state index contributed by atoms with van der Waals surface area (Å²) in [5, 5.41) is 36.0. The first-order valence-corrected chi connectivity index (χ1v) is 12.1. The van der Waals surface area contributed by atoms with E-state index in [1.54, 1.807) is 18.5 Å². The van der Waals surface area contributed by atoms with Gasteiger partial charge in [-0.15, -0.1) is 0 Å². The average molecular weight is 512 g/mol. The Hall–Kier alpha value is -5.12. The number of carbonyl (C=O) groups is 2. The maximum absolute atomic E-state index is 13.0. The van der Waals surface area contributed by atoms with Crippen LogP contribution in [0.15, 0.2) is 67.0 Å². The van der Waals surface area contributed by atoms with Crippen molar-refractivity contribution in [1.82, 2.24) is 25.6 Å². The fraction of sp³-hybridized carbons (Fsp3) is 0.143. The second-order valence-electron chi connectivity index (χ2n) is 8.77. The highest BCUT2D eigenvalue weighted by Crippen LogP contribution is 2.35. The number of phenols is 3. The first-order valence-electron chi connectivity index (χ1n) is 12.1. The molecular formula is C28H25N5O5. The number of aromatic hydroxyl groups is 3. The number of aromatic nitrogens is 3. The number of hydrogen-bond acceptors (Lipinski definition) is 7. The Bertz CT molecular complexity index is 1630. The summed E-state index contributed by atoms with van der Waals surface area (Å²) in [7, 11) is 0. The van der Waals surface area contributed by atoms with Crippen LogP contribution in [-0.4, -0.2) is 55.2 Å². The Labute approximate surface area is 217 Å². The third kappa shape index (κ3) is 4.92. The zero-order chi connectivity index (χ0) is 26.6. The summed E-state index contributed by atoms with van der Waals surface area (Å²) >= 11 is 0. The van der Waals surface area contributed by atoms with E-state index in [1.165, 1.54) is 0 Å². The lowest BCUT2D eigenvalue weighted by Crippen LogP contribution is -2.27. The first kappa shape index (κ1) is 24.6. The van der Waals surface area contributed by atoms with E-state index in [0.717, 1.165) is 39.5 Å². The van der Waals surface area contributed by atoms with Crippen molar-refractivity contribution < 1.29 is 24.9 Å². The Morgan fingerprint density at radius 2 is 1.55 bits per heavy atom. The molecule has 3 heterocycles. The molecule has 0 unspecified atom stereocenters. The number of H-pyrrole nitrogens is 1. The number of para-hydroxylation sites is 1. The van der Waals surface area contributed by atoms with Crippen molar-refractivity contribution in [2.24, 2.45) is 0 Å². The lowest BCUT2D eigenvalue weighted by atomic mass is 10.1. The second-order valence-corrected chi connectivity index (χ2v) is 8.77. The van der Waals surface area contributed by atoms with E-state index >= 15 is 0 Å². The van der Waals surface area contributed by atoms with Gasteiger partial charge in [0.1, 0.15) is 5.69 Å². The monoisotopic (exact) mass is 511 g/mol. The summed E-state index contributed by atoms with van der Waals surface area (Å²) in [6.45, 7) is 0.702. The molecule has 0 saturated heterocycles. The molecule has 2 amide bonds. The summed E-state index contributed by atoms with van der Waals surface area (Å²) < 4.78 is 0. The van der Waals surface area contributed by atoms with E-state index in [0.29, 0.717) is 37.3 Å². The average Bonchev–Trinajstić information content (AvgIpc) is 3.31. The van der Waals surface area contributed by atoms with Crippen molar-refractivity contribution in [3.05, 3.63) is 78.2 Å². The molecule has 10 nitrogen and oxygen atoms in total. The van der Waals surface area contributed by atoms with Gasteiger partial charge in [-0.3, -0.25) is 14.6 Å². The van der Waals surface area contributed by atoms with Gasteiger partial charge < -0.3 is 30.9 Å². The SMILES string of the molecule is O=C(NCCCCNC(=O)c1cc2c([nH]c3ccccc32)c(-c2cccnc2)n1)c1cc(O)c(O)c(O)c1. The maximum atomic E-state index is 13.0. The number of rotatable bonds is 8. The maximum Gasteiger partial charge on any atom is 0.269 e. The number of nitrogens with zero attached hydrogens (tertiary/aromatic N) is 2. The molecule has 6 N–H and O–H groups in total. The highest BCUT2D eigenvalue weighted by molar-refractivity contribution is 6.13. The van der Waals surface area contributed by atoms with Gasteiger partial charge in [-0.2, -0.15) is 0 Å². The summed E-state index contributed by atoms with van der Waals surface area (Å²) in [4.78, 5) is 37.5. The van der Waals surface area contributed by atoms with E-state index in [1.807, 2.05) is 36.4 Å². The molecule has 38 heavy (non-hydrogen) atoms. The number of nitrogens with one attached hydrogen (secondary N) is 3. The topological polar surface area (TPSA) is 160 Å². The first-order chi connectivity index (χ1) is 18.4. The van der Waals surface area contributed by atoms with Gasteiger partial charge in [0.2, 0.25) is 0 Å². The lowest BCUT2D eigenvalue weighted by molar-refractivity contribution is 0.0937. The molecule has 0 radical (unpaired) electrons. The number of carbonyl (C=O) groups excluding carboxylic acids is 2. The van der Waals surface area contributed by atoms with Crippen molar-refractivity contribution in [2.75, 3.05) is 13.1 Å². The van der Waals surface area contributed by atoms with Crippen LogP contribution in [0.5, 0.6) is 17.2 Å². The minimum absolute atomic E-state index is 0.0225. The van der Waals surface area contributed by atoms with Crippen molar-refractivity contribution in [3.8, 4) is 28.5 Å². The molecule has 5 rings (SSSR count). The van der Waals surface area contributed by atoms with Crippen LogP contribution < -0.4 is 10.6 Å². The number of phenolic OH excluding ortho intramolecular Hbond substituents is 3. The molecule has 192 valence electrons. The molecule has 0 aliphatic rings. The van der Waals surface area contributed by atoms with Crippen LogP contribution in [0, 0.1) is 0 Å². The predicted octanol–water partition coefficient (Wildman–Crippen LogP) is 3.83. The normalized spacial score (nSPS) is 11.1. The van der Waals surface area contributed by atoms with Gasteiger partial charge in [0.05, 0.1) is 11.2 Å². The fourth-order valence-corrected chi connectivity index (χ4v) is 4.26. The van der Waals surface area contributed by atoms with Gasteiger partial charge in [-0.1, -0.05) is 18.2 Å². The van der Waals surface area contributed by atoms with Crippen LogP contribution in [0.1, 0.15) is 33.7 Å². The molecule has 0 spiro atoms. The molecule has 10 heteroatoms. The lowest BCUT2D eigenvalue weighted by Gasteiger charge is -2.09. The third-order valence-corrected chi connectivity index (χ3v) is 6.17. The molecule has 0 aliphatic heterocycles. The van der Waals surface area contributed by atoms with Crippen molar-refractivity contribution in [2.45, 2.75) is 12.8 Å². The van der Waals surface area contributed by atoms with Crippen molar-refractivity contribution >= 4 is 33.6 Å². The molecule has 3 aromatic heterocycles. The summed E-state index contributed by atoms with van der Waals surface area (Å²) in [6.07, 6.45) is 4.58. The zero-order valence-corrected chi connectivity index (χ0v) is 20.2. The third-order valence-electron chi connectivity index (χ3n) is 6.17. The largest absolute Gasteiger partial charge is 0.504 e. The van der Waals surface area contributed by atoms with E-state index in [2.05, 4.69) is 25.6 Å². The number of pyridine rings is 2. The Balaban J connectivity index is 1.23. The minimum Gasteiger partial charge on any atom is -0.504 e. The van der Waals surface area contributed by atoms with Crippen LogP contribution in [0.3, 0.4) is 0 Å². The number of unbranched alkanes of at least 4 members (excludes halogenated alkanes) is 1. The Kier molecular flexibility index (Phi) is 6.77. The highest BCUT2D eigenvalue weighted by Gasteiger charge is 2.17. The molecule has 0 saturated carbocycles. The molecule has 0 bridgehead atoms. The molecule has 0 atom stereocenters. The zero-order valence-electron chi connectivity index (χ0n) is 20.2. The van der Waals surface area contributed by atoms with Gasteiger partial charge in [0.15, 0.2) is 17.2 Å². The van der Waals surface area contributed by atoms with E-state index < -0.39 is 23.2 Å². The highest BCUT2D eigenvalue weighted by atomic mass is 16.3. The fourth-order valence-electron chi connectivity index (χ4n) is 4.26. The van der Waals surface area contributed by atoms with Gasteiger partial charge in [-0.25, -0.2) is 4.98 Å². The van der Waals surface area contributed by atoms with Gasteiger partial charge in [0, 0.05) is 52.9 Å². The minimum atomic E-state index is -0.678. The van der Waals surface area contributed by atoms with Gasteiger partial charge in [-0.05, 0) is 49.2 Å². The number of hydrogen-bond donors (Lipinski definition) is 6. The van der Waals surface area contributed by atoms with E-state index in [9.17, 15) is 24.9 Å². The smallest absolute Gasteiger partial charge is 0.269 e. The standard InChI is InChI=1S/C28H25N5O5/c34-22-12-17(13-23(35)26(22)36)27(37)30-10-3-4-11-31-28(38)21-14-19-18-7-1-2-8-20(18)32-25(19)24(33-21)16-6-5-9-29-15-16/h1-2,5-9,12-15,32,34-36H,3-4,10-11H2,(H,30,37)(H,31,38). The summed E-state index contributed by atoms with van der Waals surface area (Å²) in [5.74, 6) is -2.64. The van der Waals surface area contributed by atoms with Crippen LogP contribution in [0.4, 0.5) is 0 Å². The van der Waals surface area contributed by atoms with Crippen molar-refractivity contribution in [3.63, 3.8) is 0 Å². The predicted molar refractivity (Wildman–Crippen MR) is 142 cm³/mol. The molecule has 0 fully saturated rings. The summed E-state index contributed by atoms with van der Waals surface area (Å²) in [5.41, 5.74) is 3.54. The van der Waals surface area contributed by atoms with Crippen LogP contribution in [-0.2, 0) is 0 Å². The number of benzene rings is 2. The Morgan fingerprint density at radius 1 is 0.842 bits per heavy atom. The van der Waals surface area contributed by atoms with Gasteiger partial charge >= 0.3 is 0 Å². The van der Waals surface area contributed by atoms with Crippen LogP contribution in [0.25, 0.3) is 33.1 Å². The van der Waals surface area contributed by atoms with Crippen LogP contribution >= 0.6 is 0 Å². The molecule has 2 aromatic carbocycles. The molecule has 5 aromatic rings. The van der Waals surface area contributed by atoms with Crippen molar-refractivity contribution in [1.29, 1.82) is 0 Å². The van der Waals surface area contributed by atoms with Crippen LogP contribution in [0.2, 0.25) is 0 Å². The van der Waals surface area contributed by atoms with E-state index in [-0.39, 0.29) is 11.5 Å². The number of fused-ring (bicyclic) bond motifs is 3. The van der Waals surface area contributed by atoms with Gasteiger partial charge in [0.25, 0.3) is 11.8 Å². The summed E-state index contributed by atoms with van der Waals surface area (Å²) in [6, 6.07) is 15.5. The second kappa shape index (κ2) is 10.5. The number of amides is 2. The molecular weight excluding hydrogens is 486 g/mol. The Morgan fingerprint density at radius 3 is 2.26 bits per heavy atom. The molecule has 0 aliphatic carbocycles.